The lowest BCUT2D eigenvalue weighted by atomic mass is 9.82. The molecule has 1 aromatic rings. The standard InChI is InChI=1S/C16H24F2N2O/c1-16(2)7-9-20(10-8-16)14(11-19)12-3-5-13(6-4-12)21-15(17)18/h3-6,14-15H,7-11,19H2,1-2H3. The molecule has 1 atom stereocenters. The molecule has 21 heavy (non-hydrogen) atoms. The van der Waals surface area contributed by atoms with E-state index < -0.39 is 6.61 Å². The predicted molar refractivity (Wildman–Crippen MR) is 79.5 cm³/mol. The summed E-state index contributed by atoms with van der Waals surface area (Å²) in [5.41, 5.74) is 7.38. The Balaban J connectivity index is 2.04. The smallest absolute Gasteiger partial charge is 0.387 e. The number of hydrogen-bond donors (Lipinski definition) is 1. The number of likely N-dealkylation sites (tertiary alicyclic amines) is 1. The zero-order chi connectivity index (χ0) is 15.5. The molecule has 1 aliphatic rings. The highest BCUT2D eigenvalue weighted by atomic mass is 19.3. The Labute approximate surface area is 125 Å². The molecule has 2 rings (SSSR count). The normalized spacial score (nSPS) is 20.5. The SMILES string of the molecule is CC1(C)CCN(C(CN)c2ccc(OC(F)F)cc2)CC1. The van der Waals surface area contributed by atoms with Gasteiger partial charge >= 0.3 is 6.61 Å². The van der Waals surface area contributed by atoms with Crippen LogP contribution in [0.4, 0.5) is 8.78 Å². The zero-order valence-electron chi connectivity index (χ0n) is 12.7. The first-order valence-corrected chi connectivity index (χ1v) is 7.40. The largest absolute Gasteiger partial charge is 0.435 e. The van der Waals surface area contributed by atoms with E-state index >= 15 is 0 Å². The summed E-state index contributed by atoms with van der Waals surface area (Å²) >= 11 is 0. The van der Waals surface area contributed by atoms with Gasteiger partial charge in [0.05, 0.1) is 0 Å². The van der Waals surface area contributed by atoms with Crippen molar-refractivity contribution in [1.82, 2.24) is 4.90 Å². The minimum absolute atomic E-state index is 0.140. The quantitative estimate of drug-likeness (QED) is 0.905. The topological polar surface area (TPSA) is 38.5 Å². The number of nitrogens with two attached hydrogens (primary N) is 1. The van der Waals surface area contributed by atoms with Crippen LogP contribution in [0.15, 0.2) is 24.3 Å². The monoisotopic (exact) mass is 298 g/mol. The predicted octanol–water partition coefficient (Wildman–Crippen LogP) is 3.41. The first-order chi connectivity index (χ1) is 9.91. The van der Waals surface area contributed by atoms with Gasteiger partial charge in [0.15, 0.2) is 0 Å². The third kappa shape index (κ3) is 4.38. The Morgan fingerprint density at radius 3 is 2.24 bits per heavy atom. The van der Waals surface area contributed by atoms with Crippen molar-refractivity contribution in [3.63, 3.8) is 0 Å². The fourth-order valence-electron chi connectivity index (χ4n) is 2.81. The molecule has 0 radical (unpaired) electrons. The molecule has 118 valence electrons. The van der Waals surface area contributed by atoms with Gasteiger partial charge in [-0.05, 0) is 49.0 Å². The Hall–Kier alpha value is -1.20. The molecular formula is C16H24F2N2O. The van der Waals surface area contributed by atoms with E-state index in [-0.39, 0.29) is 11.8 Å². The number of halogens is 2. The van der Waals surface area contributed by atoms with E-state index in [1.165, 1.54) is 0 Å². The van der Waals surface area contributed by atoms with Crippen molar-refractivity contribution in [2.75, 3.05) is 19.6 Å². The Morgan fingerprint density at radius 1 is 1.19 bits per heavy atom. The van der Waals surface area contributed by atoms with E-state index in [0.717, 1.165) is 31.5 Å². The summed E-state index contributed by atoms with van der Waals surface area (Å²) in [6.45, 7) is 4.35. The highest BCUT2D eigenvalue weighted by Crippen LogP contribution is 2.34. The third-order valence-corrected chi connectivity index (χ3v) is 4.31. The van der Waals surface area contributed by atoms with Crippen LogP contribution in [0.5, 0.6) is 5.75 Å². The number of hydrogen-bond acceptors (Lipinski definition) is 3. The highest BCUT2D eigenvalue weighted by molar-refractivity contribution is 5.29. The Bertz CT molecular complexity index is 438. The molecule has 0 amide bonds. The number of benzene rings is 1. The van der Waals surface area contributed by atoms with Gasteiger partial charge in [-0.3, -0.25) is 4.90 Å². The van der Waals surface area contributed by atoms with Crippen LogP contribution in [0.1, 0.15) is 38.3 Å². The van der Waals surface area contributed by atoms with Crippen LogP contribution < -0.4 is 10.5 Å². The number of rotatable bonds is 5. The maximum Gasteiger partial charge on any atom is 0.387 e. The van der Waals surface area contributed by atoms with Crippen molar-refractivity contribution in [2.24, 2.45) is 11.1 Å². The second-order valence-corrected chi connectivity index (χ2v) is 6.40. The van der Waals surface area contributed by atoms with Crippen molar-refractivity contribution in [3.05, 3.63) is 29.8 Å². The maximum absolute atomic E-state index is 12.2. The van der Waals surface area contributed by atoms with E-state index in [1.807, 2.05) is 12.1 Å². The molecule has 0 saturated carbocycles. The lowest BCUT2D eigenvalue weighted by Crippen LogP contribution is -2.42. The molecule has 1 saturated heterocycles. The molecule has 0 aromatic heterocycles. The van der Waals surface area contributed by atoms with Crippen LogP contribution >= 0.6 is 0 Å². The van der Waals surface area contributed by atoms with Gasteiger partial charge in [0.2, 0.25) is 0 Å². The van der Waals surface area contributed by atoms with Gasteiger partial charge in [0.25, 0.3) is 0 Å². The van der Waals surface area contributed by atoms with Gasteiger partial charge in [-0.25, -0.2) is 0 Å². The number of ether oxygens (including phenoxy) is 1. The minimum atomic E-state index is -2.79. The summed E-state index contributed by atoms with van der Waals surface area (Å²) in [6.07, 6.45) is 2.30. The third-order valence-electron chi connectivity index (χ3n) is 4.31. The summed E-state index contributed by atoms with van der Waals surface area (Å²) in [4.78, 5) is 2.38. The first kappa shape index (κ1) is 16.2. The van der Waals surface area contributed by atoms with Crippen molar-refractivity contribution < 1.29 is 13.5 Å². The van der Waals surface area contributed by atoms with Gasteiger partial charge in [-0.15, -0.1) is 0 Å². The van der Waals surface area contributed by atoms with Crippen LogP contribution in [0.3, 0.4) is 0 Å². The number of nitrogens with zero attached hydrogens (tertiary/aromatic N) is 1. The molecule has 1 aromatic carbocycles. The molecule has 1 unspecified atom stereocenters. The molecule has 0 aliphatic carbocycles. The molecule has 0 spiro atoms. The van der Waals surface area contributed by atoms with Gasteiger partial charge < -0.3 is 10.5 Å². The molecular weight excluding hydrogens is 274 g/mol. The molecule has 1 fully saturated rings. The average Bonchev–Trinajstić information content (AvgIpc) is 2.42. The second-order valence-electron chi connectivity index (χ2n) is 6.40. The lowest BCUT2D eigenvalue weighted by Gasteiger charge is -2.41. The number of alkyl halides is 2. The highest BCUT2D eigenvalue weighted by Gasteiger charge is 2.29. The Morgan fingerprint density at radius 2 is 1.76 bits per heavy atom. The fourth-order valence-corrected chi connectivity index (χ4v) is 2.81. The second kappa shape index (κ2) is 6.71. The van der Waals surface area contributed by atoms with Crippen LogP contribution in [0.25, 0.3) is 0 Å². The van der Waals surface area contributed by atoms with E-state index in [4.69, 9.17) is 5.73 Å². The van der Waals surface area contributed by atoms with E-state index in [9.17, 15) is 8.78 Å². The van der Waals surface area contributed by atoms with Crippen LogP contribution in [0.2, 0.25) is 0 Å². The van der Waals surface area contributed by atoms with Gasteiger partial charge in [-0.2, -0.15) is 8.78 Å². The summed E-state index contributed by atoms with van der Waals surface area (Å²) < 4.78 is 28.7. The lowest BCUT2D eigenvalue weighted by molar-refractivity contribution is -0.0498. The molecule has 1 heterocycles. The molecule has 3 nitrogen and oxygen atoms in total. The van der Waals surface area contributed by atoms with Crippen LogP contribution in [-0.2, 0) is 0 Å². The summed E-state index contributed by atoms with van der Waals surface area (Å²) in [5.74, 6) is 0.185. The van der Waals surface area contributed by atoms with E-state index in [2.05, 4.69) is 23.5 Å². The Kier molecular flexibility index (Phi) is 5.17. The van der Waals surface area contributed by atoms with Crippen molar-refractivity contribution in [1.29, 1.82) is 0 Å². The first-order valence-electron chi connectivity index (χ1n) is 7.40. The van der Waals surface area contributed by atoms with Crippen molar-refractivity contribution in [3.8, 4) is 5.75 Å². The summed E-state index contributed by atoms with van der Waals surface area (Å²) in [7, 11) is 0. The van der Waals surface area contributed by atoms with Gasteiger partial charge in [0.1, 0.15) is 5.75 Å². The fraction of sp³-hybridized carbons (Fsp3) is 0.625. The zero-order valence-corrected chi connectivity index (χ0v) is 12.7. The molecule has 5 heteroatoms. The van der Waals surface area contributed by atoms with E-state index in [1.54, 1.807) is 12.1 Å². The van der Waals surface area contributed by atoms with Crippen LogP contribution in [0, 0.1) is 5.41 Å². The van der Waals surface area contributed by atoms with Gasteiger partial charge in [0, 0.05) is 12.6 Å². The maximum atomic E-state index is 12.2. The summed E-state index contributed by atoms with van der Waals surface area (Å²) in [5, 5.41) is 0. The molecule has 0 bridgehead atoms. The molecule has 2 N–H and O–H groups in total. The number of piperidine rings is 1. The van der Waals surface area contributed by atoms with Crippen molar-refractivity contribution >= 4 is 0 Å². The molecule has 1 aliphatic heterocycles. The van der Waals surface area contributed by atoms with E-state index in [0.29, 0.717) is 12.0 Å². The average molecular weight is 298 g/mol. The summed E-state index contributed by atoms with van der Waals surface area (Å²) in [6, 6.07) is 6.96. The van der Waals surface area contributed by atoms with Gasteiger partial charge in [-0.1, -0.05) is 26.0 Å². The minimum Gasteiger partial charge on any atom is -0.435 e. The van der Waals surface area contributed by atoms with Crippen molar-refractivity contribution in [2.45, 2.75) is 39.3 Å². The van der Waals surface area contributed by atoms with Crippen LogP contribution in [-0.4, -0.2) is 31.1 Å².